The van der Waals surface area contributed by atoms with Crippen molar-refractivity contribution in [2.45, 2.75) is 19.9 Å². The number of nitrogen functional groups attached to an aromatic ring is 1. The van der Waals surface area contributed by atoms with Crippen molar-refractivity contribution in [1.29, 1.82) is 5.26 Å². The summed E-state index contributed by atoms with van der Waals surface area (Å²) in [6.07, 6.45) is 0.313. The molecule has 0 aliphatic rings. The molecule has 2 aromatic heterocycles. The second-order valence-electron chi connectivity index (χ2n) is 5.52. The van der Waals surface area contributed by atoms with E-state index in [0.29, 0.717) is 30.0 Å². The SMILES string of the molecule is Cc1c(-c2cc(N)n(CCC#N)n2)c(=O)n(-c2ccccc2)n1C. The number of aryl methyl sites for hydroxylation is 1. The van der Waals surface area contributed by atoms with Gasteiger partial charge in [-0.15, -0.1) is 0 Å². The highest BCUT2D eigenvalue weighted by atomic mass is 16.1. The zero-order valence-corrected chi connectivity index (χ0v) is 13.6. The standard InChI is InChI=1S/C17H18N6O/c1-12-16(14-11-15(19)22(20-14)10-6-9-18)17(24)23(21(12)2)13-7-4-3-5-8-13/h3-5,7-8,11H,6,10,19H2,1-2H3. The van der Waals surface area contributed by atoms with Crippen LogP contribution in [0, 0.1) is 18.3 Å². The molecule has 24 heavy (non-hydrogen) atoms. The number of nitriles is 1. The summed E-state index contributed by atoms with van der Waals surface area (Å²) in [6.45, 7) is 2.28. The topological polar surface area (TPSA) is 94.6 Å². The molecule has 0 fully saturated rings. The number of nitrogens with zero attached hydrogens (tertiary/aromatic N) is 5. The molecule has 7 nitrogen and oxygen atoms in total. The van der Waals surface area contributed by atoms with Gasteiger partial charge in [0.15, 0.2) is 0 Å². The largest absolute Gasteiger partial charge is 0.384 e. The molecule has 0 spiro atoms. The van der Waals surface area contributed by atoms with E-state index < -0.39 is 0 Å². The lowest BCUT2D eigenvalue weighted by Gasteiger charge is -2.07. The third-order valence-corrected chi connectivity index (χ3v) is 4.06. The maximum Gasteiger partial charge on any atom is 0.281 e. The molecule has 7 heteroatoms. The zero-order valence-electron chi connectivity index (χ0n) is 13.6. The van der Waals surface area contributed by atoms with Crippen molar-refractivity contribution in [3.63, 3.8) is 0 Å². The first kappa shape index (κ1) is 15.6. The quantitative estimate of drug-likeness (QED) is 0.793. The minimum absolute atomic E-state index is 0.147. The molecule has 0 aliphatic heterocycles. The molecule has 122 valence electrons. The summed E-state index contributed by atoms with van der Waals surface area (Å²) in [5.74, 6) is 0.439. The first-order chi connectivity index (χ1) is 11.5. The van der Waals surface area contributed by atoms with Gasteiger partial charge in [0.25, 0.3) is 5.56 Å². The third kappa shape index (κ3) is 2.48. The summed E-state index contributed by atoms with van der Waals surface area (Å²) in [4.78, 5) is 12.9. The van der Waals surface area contributed by atoms with Crippen LogP contribution in [0.25, 0.3) is 16.9 Å². The van der Waals surface area contributed by atoms with Gasteiger partial charge in [0, 0.05) is 18.8 Å². The molecular weight excluding hydrogens is 304 g/mol. The van der Waals surface area contributed by atoms with Gasteiger partial charge in [-0.2, -0.15) is 10.4 Å². The molecule has 2 N–H and O–H groups in total. The summed E-state index contributed by atoms with van der Waals surface area (Å²) < 4.78 is 4.96. The van der Waals surface area contributed by atoms with Crippen LogP contribution in [0.4, 0.5) is 5.82 Å². The molecule has 3 rings (SSSR count). The number of anilines is 1. The van der Waals surface area contributed by atoms with Gasteiger partial charge in [-0.3, -0.25) is 9.48 Å². The molecular formula is C17H18N6O. The van der Waals surface area contributed by atoms with Crippen LogP contribution in [-0.2, 0) is 13.6 Å². The smallest absolute Gasteiger partial charge is 0.281 e. The van der Waals surface area contributed by atoms with E-state index in [0.717, 1.165) is 11.4 Å². The fourth-order valence-corrected chi connectivity index (χ4v) is 2.75. The van der Waals surface area contributed by atoms with Crippen molar-refractivity contribution in [3.05, 3.63) is 52.4 Å². The number of hydrogen-bond donors (Lipinski definition) is 1. The summed E-state index contributed by atoms with van der Waals surface area (Å²) in [6, 6.07) is 13.2. The van der Waals surface area contributed by atoms with E-state index in [1.54, 1.807) is 20.1 Å². The molecule has 0 saturated carbocycles. The fraction of sp³-hybridized carbons (Fsp3) is 0.235. The van der Waals surface area contributed by atoms with E-state index in [2.05, 4.69) is 11.2 Å². The molecule has 3 aromatic rings. The number of nitrogens with two attached hydrogens (primary N) is 1. The van der Waals surface area contributed by atoms with Crippen molar-refractivity contribution < 1.29 is 0 Å². The highest BCUT2D eigenvalue weighted by Gasteiger charge is 2.20. The summed E-state index contributed by atoms with van der Waals surface area (Å²) in [5.41, 5.74) is 8.44. The minimum Gasteiger partial charge on any atom is -0.384 e. The molecule has 0 atom stereocenters. The fourth-order valence-electron chi connectivity index (χ4n) is 2.75. The van der Waals surface area contributed by atoms with Gasteiger partial charge in [-0.05, 0) is 19.1 Å². The summed E-state index contributed by atoms with van der Waals surface area (Å²) >= 11 is 0. The third-order valence-electron chi connectivity index (χ3n) is 4.06. The monoisotopic (exact) mass is 322 g/mol. The van der Waals surface area contributed by atoms with Crippen molar-refractivity contribution in [3.8, 4) is 23.0 Å². The Morgan fingerprint density at radius 1 is 1.29 bits per heavy atom. The van der Waals surface area contributed by atoms with E-state index in [9.17, 15) is 4.79 Å². The van der Waals surface area contributed by atoms with Crippen molar-refractivity contribution in [2.75, 3.05) is 5.73 Å². The van der Waals surface area contributed by atoms with Gasteiger partial charge in [0.1, 0.15) is 11.5 Å². The van der Waals surface area contributed by atoms with Crippen molar-refractivity contribution >= 4 is 5.82 Å². The molecule has 1 aromatic carbocycles. The lowest BCUT2D eigenvalue weighted by atomic mass is 10.2. The molecule has 0 aliphatic carbocycles. The first-order valence-corrected chi connectivity index (χ1v) is 7.59. The van der Waals surface area contributed by atoms with E-state index >= 15 is 0 Å². The Balaban J connectivity index is 2.14. The minimum atomic E-state index is -0.147. The van der Waals surface area contributed by atoms with Gasteiger partial charge >= 0.3 is 0 Å². The van der Waals surface area contributed by atoms with Crippen LogP contribution in [0.2, 0.25) is 0 Å². The molecule has 0 bridgehead atoms. The summed E-state index contributed by atoms with van der Waals surface area (Å²) in [5, 5.41) is 13.1. The van der Waals surface area contributed by atoms with Gasteiger partial charge in [0.05, 0.1) is 30.3 Å². The number of rotatable bonds is 4. The summed E-state index contributed by atoms with van der Waals surface area (Å²) in [7, 11) is 1.84. The van der Waals surface area contributed by atoms with Gasteiger partial charge < -0.3 is 5.73 Å². The Morgan fingerprint density at radius 2 is 2.00 bits per heavy atom. The number of para-hydroxylation sites is 1. The van der Waals surface area contributed by atoms with Gasteiger partial charge in [-0.1, -0.05) is 18.2 Å². The average Bonchev–Trinajstić information content (AvgIpc) is 3.04. The number of benzene rings is 1. The van der Waals surface area contributed by atoms with Crippen molar-refractivity contribution in [1.82, 2.24) is 19.1 Å². The van der Waals surface area contributed by atoms with E-state index in [1.807, 2.05) is 44.3 Å². The Bertz CT molecular complexity index is 971. The van der Waals surface area contributed by atoms with E-state index in [4.69, 9.17) is 11.0 Å². The molecule has 0 radical (unpaired) electrons. The Morgan fingerprint density at radius 3 is 2.67 bits per heavy atom. The maximum absolute atomic E-state index is 12.9. The van der Waals surface area contributed by atoms with Crippen LogP contribution < -0.4 is 11.3 Å². The van der Waals surface area contributed by atoms with E-state index in [-0.39, 0.29) is 5.56 Å². The van der Waals surface area contributed by atoms with Crippen LogP contribution in [0.15, 0.2) is 41.2 Å². The molecule has 2 heterocycles. The molecule has 0 amide bonds. The Hall–Kier alpha value is -3.27. The lowest BCUT2D eigenvalue weighted by Crippen LogP contribution is -2.20. The van der Waals surface area contributed by atoms with Crippen molar-refractivity contribution in [2.24, 2.45) is 7.05 Å². The number of hydrogen-bond acceptors (Lipinski definition) is 4. The second-order valence-corrected chi connectivity index (χ2v) is 5.52. The first-order valence-electron chi connectivity index (χ1n) is 7.59. The van der Waals surface area contributed by atoms with Gasteiger partial charge in [-0.25, -0.2) is 9.36 Å². The normalized spacial score (nSPS) is 10.7. The van der Waals surface area contributed by atoms with Crippen LogP contribution in [0.5, 0.6) is 0 Å². The predicted molar refractivity (Wildman–Crippen MR) is 91.6 cm³/mol. The van der Waals surface area contributed by atoms with E-state index in [1.165, 1.54) is 0 Å². The van der Waals surface area contributed by atoms with Crippen LogP contribution in [-0.4, -0.2) is 19.1 Å². The van der Waals surface area contributed by atoms with Crippen LogP contribution >= 0.6 is 0 Å². The zero-order chi connectivity index (χ0) is 17.3. The molecule has 0 unspecified atom stereocenters. The molecule has 0 saturated heterocycles. The highest BCUT2D eigenvalue weighted by Crippen LogP contribution is 2.22. The number of aromatic nitrogens is 4. The lowest BCUT2D eigenvalue weighted by molar-refractivity contribution is 0.630. The average molecular weight is 322 g/mol. The highest BCUT2D eigenvalue weighted by molar-refractivity contribution is 5.64. The Labute approximate surface area is 139 Å². The Kier molecular flexibility index (Phi) is 3.96. The maximum atomic E-state index is 12.9. The predicted octanol–water partition coefficient (Wildman–Crippen LogP) is 1.84. The van der Waals surface area contributed by atoms with Crippen LogP contribution in [0.3, 0.4) is 0 Å². The van der Waals surface area contributed by atoms with Gasteiger partial charge in [0.2, 0.25) is 0 Å². The van der Waals surface area contributed by atoms with Crippen LogP contribution in [0.1, 0.15) is 12.1 Å². The second kappa shape index (κ2) is 6.08.